The highest BCUT2D eigenvalue weighted by Gasteiger charge is 2.28. The molecule has 1 unspecified atom stereocenters. The molecule has 20 heavy (non-hydrogen) atoms. The summed E-state index contributed by atoms with van der Waals surface area (Å²) in [6.07, 6.45) is 0.696. The summed E-state index contributed by atoms with van der Waals surface area (Å²) in [5.41, 5.74) is 5.48. The molecular weight excluding hydrogens is 305 g/mol. The fraction of sp³-hybridized carbons (Fsp3) is 0.500. The van der Waals surface area contributed by atoms with Crippen LogP contribution in [0.5, 0.6) is 0 Å². The zero-order valence-electron chi connectivity index (χ0n) is 11.1. The largest absolute Gasteiger partial charge is 0.326 e. The number of likely N-dealkylation sites (N-methyl/N-ethyl adjacent to an activating group) is 1. The molecule has 1 atom stereocenters. The molecule has 112 valence electrons. The summed E-state index contributed by atoms with van der Waals surface area (Å²) < 4.78 is 41.2. The van der Waals surface area contributed by atoms with Gasteiger partial charge >= 0.3 is 0 Å². The lowest BCUT2D eigenvalue weighted by molar-refractivity contribution is 0.407. The van der Waals surface area contributed by atoms with Gasteiger partial charge in [-0.2, -0.15) is 0 Å². The van der Waals surface area contributed by atoms with E-state index in [4.69, 9.17) is 17.3 Å². The number of hydrogen-bond donors (Lipinski definition) is 2. The first-order chi connectivity index (χ1) is 9.33. The number of likely N-dealkylation sites (tertiary alicyclic amines) is 1. The van der Waals surface area contributed by atoms with Crippen molar-refractivity contribution in [3.63, 3.8) is 0 Å². The van der Waals surface area contributed by atoms with Crippen LogP contribution in [0.15, 0.2) is 17.0 Å². The standard InChI is InChI=1S/C12H17ClFN3O2S/c1-17-3-2-10(7-17)16-20(18,19)11-5-9(13)4-8(6-15)12(11)14/h4-5,10,16H,2-3,6-7,15H2,1H3. The summed E-state index contributed by atoms with van der Waals surface area (Å²) in [4.78, 5) is 1.56. The van der Waals surface area contributed by atoms with E-state index in [1.54, 1.807) is 0 Å². The van der Waals surface area contributed by atoms with Gasteiger partial charge in [-0.1, -0.05) is 11.6 Å². The van der Waals surface area contributed by atoms with Crippen LogP contribution in [-0.4, -0.2) is 39.5 Å². The average Bonchev–Trinajstić information content (AvgIpc) is 2.76. The highest BCUT2D eigenvalue weighted by molar-refractivity contribution is 7.89. The minimum Gasteiger partial charge on any atom is -0.326 e. The van der Waals surface area contributed by atoms with Crippen LogP contribution >= 0.6 is 11.6 Å². The van der Waals surface area contributed by atoms with Gasteiger partial charge in [0.05, 0.1) is 0 Å². The van der Waals surface area contributed by atoms with Crippen molar-refractivity contribution in [3.05, 3.63) is 28.5 Å². The Hall–Kier alpha value is -0.730. The van der Waals surface area contributed by atoms with E-state index in [9.17, 15) is 12.8 Å². The molecule has 1 aromatic carbocycles. The fourth-order valence-corrected chi connectivity index (χ4v) is 3.99. The van der Waals surface area contributed by atoms with E-state index in [1.807, 2.05) is 11.9 Å². The third-order valence-electron chi connectivity index (χ3n) is 3.30. The number of halogens is 2. The lowest BCUT2D eigenvalue weighted by atomic mass is 10.2. The lowest BCUT2D eigenvalue weighted by Gasteiger charge is -2.15. The second-order valence-corrected chi connectivity index (χ2v) is 7.07. The predicted molar refractivity (Wildman–Crippen MR) is 75.5 cm³/mol. The minimum atomic E-state index is -3.94. The molecule has 0 amide bonds. The highest BCUT2D eigenvalue weighted by Crippen LogP contribution is 2.24. The van der Waals surface area contributed by atoms with Crippen molar-refractivity contribution in [2.75, 3.05) is 20.1 Å². The SMILES string of the molecule is CN1CCC(NS(=O)(=O)c2cc(Cl)cc(CN)c2F)C1. The summed E-state index contributed by atoms with van der Waals surface area (Å²) in [7, 11) is -2.04. The Kier molecular flexibility index (Phi) is 4.66. The summed E-state index contributed by atoms with van der Waals surface area (Å²) in [6.45, 7) is 1.30. The van der Waals surface area contributed by atoms with E-state index < -0.39 is 20.7 Å². The zero-order chi connectivity index (χ0) is 14.9. The van der Waals surface area contributed by atoms with Crippen molar-refractivity contribution in [1.29, 1.82) is 0 Å². The topological polar surface area (TPSA) is 75.4 Å². The smallest absolute Gasteiger partial charge is 0.243 e. The molecule has 8 heteroatoms. The molecule has 0 saturated carbocycles. The molecule has 0 aliphatic carbocycles. The second-order valence-electron chi connectivity index (χ2n) is 4.95. The van der Waals surface area contributed by atoms with E-state index >= 15 is 0 Å². The van der Waals surface area contributed by atoms with E-state index in [1.165, 1.54) is 6.07 Å². The van der Waals surface area contributed by atoms with Gasteiger partial charge in [-0.15, -0.1) is 0 Å². The van der Waals surface area contributed by atoms with Crippen molar-refractivity contribution in [2.24, 2.45) is 5.73 Å². The van der Waals surface area contributed by atoms with Crippen molar-refractivity contribution in [3.8, 4) is 0 Å². The molecule has 0 bridgehead atoms. The summed E-state index contributed by atoms with van der Waals surface area (Å²) >= 11 is 5.82. The molecule has 0 spiro atoms. The van der Waals surface area contributed by atoms with Crippen molar-refractivity contribution in [1.82, 2.24) is 9.62 Å². The van der Waals surface area contributed by atoms with Crippen LogP contribution in [-0.2, 0) is 16.6 Å². The molecule has 0 aromatic heterocycles. The molecule has 1 saturated heterocycles. The Morgan fingerprint density at radius 3 is 2.80 bits per heavy atom. The van der Waals surface area contributed by atoms with Crippen LogP contribution in [0, 0.1) is 5.82 Å². The van der Waals surface area contributed by atoms with Crippen LogP contribution in [0.25, 0.3) is 0 Å². The number of sulfonamides is 1. The van der Waals surface area contributed by atoms with Gasteiger partial charge in [0.1, 0.15) is 10.7 Å². The van der Waals surface area contributed by atoms with E-state index in [-0.39, 0.29) is 23.2 Å². The Morgan fingerprint density at radius 1 is 1.55 bits per heavy atom. The zero-order valence-corrected chi connectivity index (χ0v) is 12.6. The third kappa shape index (κ3) is 3.29. The van der Waals surface area contributed by atoms with Crippen molar-refractivity contribution < 1.29 is 12.8 Å². The first kappa shape index (κ1) is 15.7. The number of nitrogens with two attached hydrogens (primary N) is 1. The Labute approximate surface area is 122 Å². The first-order valence-electron chi connectivity index (χ1n) is 6.22. The molecule has 5 nitrogen and oxygen atoms in total. The van der Waals surface area contributed by atoms with E-state index in [0.29, 0.717) is 13.0 Å². The molecular formula is C12H17ClFN3O2S. The lowest BCUT2D eigenvalue weighted by Crippen LogP contribution is -2.37. The van der Waals surface area contributed by atoms with Gasteiger partial charge in [0.15, 0.2) is 0 Å². The van der Waals surface area contributed by atoms with Crippen molar-refractivity contribution in [2.45, 2.75) is 23.9 Å². The normalized spacial score (nSPS) is 20.5. The van der Waals surface area contributed by atoms with Crippen LogP contribution in [0.1, 0.15) is 12.0 Å². The van der Waals surface area contributed by atoms with Crippen LogP contribution in [0.3, 0.4) is 0 Å². The van der Waals surface area contributed by atoms with Gasteiger partial charge in [-0.05, 0) is 32.1 Å². The Morgan fingerprint density at radius 2 is 2.25 bits per heavy atom. The summed E-state index contributed by atoms with van der Waals surface area (Å²) in [5.74, 6) is -0.837. The molecule has 3 N–H and O–H groups in total. The molecule has 1 fully saturated rings. The fourth-order valence-electron chi connectivity index (χ4n) is 2.28. The number of hydrogen-bond acceptors (Lipinski definition) is 4. The maximum atomic E-state index is 14.1. The van der Waals surface area contributed by atoms with Crippen molar-refractivity contribution >= 4 is 21.6 Å². The maximum Gasteiger partial charge on any atom is 0.243 e. The molecule has 0 radical (unpaired) electrons. The summed E-state index contributed by atoms with van der Waals surface area (Å²) in [6, 6.07) is 2.22. The van der Waals surface area contributed by atoms with Crippen LogP contribution in [0.4, 0.5) is 4.39 Å². The van der Waals surface area contributed by atoms with Gasteiger partial charge in [-0.3, -0.25) is 0 Å². The Balaban J connectivity index is 2.32. The molecule has 2 rings (SSSR count). The maximum absolute atomic E-state index is 14.1. The number of nitrogens with zero attached hydrogens (tertiary/aromatic N) is 1. The van der Waals surface area contributed by atoms with Gasteiger partial charge in [0, 0.05) is 29.7 Å². The quantitative estimate of drug-likeness (QED) is 0.864. The van der Waals surface area contributed by atoms with E-state index in [0.717, 1.165) is 12.6 Å². The molecule has 1 aromatic rings. The monoisotopic (exact) mass is 321 g/mol. The molecule has 1 heterocycles. The molecule has 1 aliphatic heterocycles. The predicted octanol–water partition coefficient (Wildman–Crippen LogP) is 0.920. The highest BCUT2D eigenvalue weighted by atomic mass is 35.5. The van der Waals surface area contributed by atoms with E-state index in [2.05, 4.69) is 4.72 Å². The number of benzene rings is 1. The second kappa shape index (κ2) is 5.95. The van der Waals surface area contributed by atoms with Crippen LogP contribution < -0.4 is 10.5 Å². The Bertz CT molecular complexity index is 609. The van der Waals surface area contributed by atoms with Gasteiger partial charge in [-0.25, -0.2) is 17.5 Å². The van der Waals surface area contributed by atoms with Gasteiger partial charge in [0.25, 0.3) is 0 Å². The number of nitrogens with one attached hydrogen (secondary N) is 1. The summed E-state index contributed by atoms with van der Waals surface area (Å²) in [5, 5.41) is 0.149. The number of rotatable bonds is 4. The van der Waals surface area contributed by atoms with Gasteiger partial charge in [0.2, 0.25) is 10.0 Å². The first-order valence-corrected chi connectivity index (χ1v) is 8.08. The third-order valence-corrected chi connectivity index (χ3v) is 5.04. The minimum absolute atomic E-state index is 0.0846. The van der Waals surface area contributed by atoms with Gasteiger partial charge < -0.3 is 10.6 Å². The molecule has 1 aliphatic rings. The van der Waals surface area contributed by atoms with Crippen LogP contribution in [0.2, 0.25) is 5.02 Å². The average molecular weight is 322 g/mol.